The van der Waals surface area contributed by atoms with E-state index < -0.39 is 0 Å². The first-order valence-corrected chi connectivity index (χ1v) is 6.77. The number of piperazine rings is 1. The van der Waals surface area contributed by atoms with Crippen molar-refractivity contribution in [2.24, 2.45) is 0 Å². The molecule has 0 unspecified atom stereocenters. The molecule has 2 rings (SSSR count). The number of benzene rings is 1. The van der Waals surface area contributed by atoms with E-state index in [1.165, 1.54) is 18.2 Å². The zero-order valence-corrected chi connectivity index (χ0v) is 12.0. The van der Waals surface area contributed by atoms with Crippen LogP contribution in [0.2, 0.25) is 0 Å². The molecule has 0 spiro atoms. The summed E-state index contributed by atoms with van der Waals surface area (Å²) >= 11 is 3.10. The van der Waals surface area contributed by atoms with Gasteiger partial charge in [0.1, 0.15) is 5.82 Å². The van der Waals surface area contributed by atoms with Crippen LogP contribution in [0.25, 0.3) is 0 Å². The lowest BCUT2D eigenvalue weighted by Gasteiger charge is -2.36. The van der Waals surface area contributed by atoms with Gasteiger partial charge >= 0.3 is 0 Å². The van der Waals surface area contributed by atoms with Gasteiger partial charge in [-0.05, 0) is 48.0 Å². The quantitative estimate of drug-likeness (QED) is 0.863. The van der Waals surface area contributed by atoms with Crippen molar-refractivity contribution in [1.29, 1.82) is 0 Å². The Morgan fingerprint density at radius 3 is 2.56 bits per heavy atom. The molecule has 1 heterocycles. The summed E-state index contributed by atoms with van der Waals surface area (Å²) in [4.78, 5) is 14.1. The summed E-state index contributed by atoms with van der Waals surface area (Å²) in [6.45, 7) is 5.46. The molecule has 98 valence electrons. The van der Waals surface area contributed by atoms with Crippen LogP contribution < -0.4 is 5.32 Å². The molecule has 1 N–H and O–H groups in total. The van der Waals surface area contributed by atoms with Gasteiger partial charge in [-0.25, -0.2) is 4.39 Å². The van der Waals surface area contributed by atoms with Crippen molar-refractivity contribution < 1.29 is 9.18 Å². The molecule has 18 heavy (non-hydrogen) atoms. The van der Waals surface area contributed by atoms with Gasteiger partial charge in [-0.3, -0.25) is 4.79 Å². The molecule has 1 aliphatic rings. The fourth-order valence-corrected chi connectivity index (χ4v) is 2.68. The number of nitrogens with one attached hydrogen (secondary N) is 1. The van der Waals surface area contributed by atoms with E-state index in [-0.39, 0.29) is 23.8 Å². The third kappa shape index (κ3) is 2.90. The average Bonchev–Trinajstić information content (AvgIpc) is 2.30. The van der Waals surface area contributed by atoms with Crippen molar-refractivity contribution in [3.63, 3.8) is 0 Å². The molecule has 0 radical (unpaired) electrons. The minimum atomic E-state index is -0.353. The summed E-state index contributed by atoms with van der Waals surface area (Å²) in [5.41, 5.74) is 0.518. The lowest BCUT2D eigenvalue weighted by atomic mass is 10.1. The Kier molecular flexibility index (Phi) is 4.02. The van der Waals surface area contributed by atoms with Crippen LogP contribution in [0.3, 0.4) is 0 Å². The minimum Gasteiger partial charge on any atom is -0.336 e. The van der Waals surface area contributed by atoms with Crippen LogP contribution in [0.5, 0.6) is 0 Å². The maximum Gasteiger partial charge on any atom is 0.254 e. The average molecular weight is 315 g/mol. The molecular formula is C13H16BrFN2O. The van der Waals surface area contributed by atoms with Crippen LogP contribution in [-0.2, 0) is 0 Å². The number of rotatable bonds is 1. The van der Waals surface area contributed by atoms with Crippen molar-refractivity contribution in [2.45, 2.75) is 25.9 Å². The molecule has 3 nitrogen and oxygen atoms in total. The van der Waals surface area contributed by atoms with E-state index in [1.807, 2.05) is 4.90 Å². The van der Waals surface area contributed by atoms with E-state index in [2.05, 4.69) is 35.1 Å². The largest absolute Gasteiger partial charge is 0.336 e. The Bertz CT molecular complexity index is 456. The summed E-state index contributed by atoms with van der Waals surface area (Å²) in [5, 5.41) is 3.37. The van der Waals surface area contributed by atoms with E-state index in [0.29, 0.717) is 23.1 Å². The van der Waals surface area contributed by atoms with Gasteiger partial charge in [-0.2, -0.15) is 0 Å². The molecule has 0 aliphatic carbocycles. The Labute approximate surface area is 114 Å². The van der Waals surface area contributed by atoms with E-state index >= 15 is 0 Å². The van der Waals surface area contributed by atoms with Crippen LogP contribution in [0.15, 0.2) is 22.7 Å². The molecule has 1 amide bonds. The fourth-order valence-electron chi connectivity index (χ4n) is 2.30. The first-order valence-electron chi connectivity index (χ1n) is 5.97. The van der Waals surface area contributed by atoms with Gasteiger partial charge < -0.3 is 10.2 Å². The smallest absolute Gasteiger partial charge is 0.254 e. The number of amides is 1. The second-order valence-electron chi connectivity index (χ2n) is 4.81. The van der Waals surface area contributed by atoms with Crippen LogP contribution in [0.4, 0.5) is 4.39 Å². The van der Waals surface area contributed by atoms with Gasteiger partial charge in [0.25, 0.3) is 5.91 Å². The highest BCUT2D eigenvalue weighted by Crippen LogP contribution is 2.19. The predicted octanol–water partition coefficient (Wildman–Crippen LogP) is 2.41. The van der Waals surface area contributed by atoms with E-state index in [0.717, 1.165) is 0 Å². The summed E-state index contributed by atoms with van der Waals surface area (Å²) in [5.74, 6) is -0.399. The van der Waals surface area contributed by atoms with Gasteiger partial charge in [0.2, 0.25) is 0 Å². The van der Waals surface area contributed by atoms with Crippen LogP contribution >= 0.6 is 15.9 Å². The second-order valence-corrected chi connectivity index (χ2v) is 5.66. The summed E-state index contributed by atoms with van der Waals surface area (Å²) in [6.07, 6.45) is 0. The topological polar surface area (TPSA) is 32.3 Å². The normalized spacial score (nSPS) is 24.1. The maximum absolute atomic E-state index is 13.1. The number of hydrogen-bond acceptors (Lipinski definition) is 2. The van der Waals surface area contributed by atoms with Crippen molar-refractivity contribution in [1.82, 2.24) is 10.2 Å². The zero-order chi connectivity index (χ0) is 13.3. The molecule has 1 aliphatic heterocycles. The predicted molar refractivity (Wildman–Crippen MR) is 72.1 cm³/mol. The Morgan fingerprint density at radius 1 is 1.39 bits per heavy atom. The molecule has 0 saturated carbocycles. The summed E-state index contributed by atoms with van der Waals surface area (Å²) in [7, 11) is 0. The molecule has 1 aromatic carbocycles. The standard InChI is InChI=1S/C13H16BrFN2O/c1-8-6-17(7-9(2)16-8)13(18)10-3-4-12(15)11(14)5-10/h3-5,8-9,16H,6-7H2,1-2H3/t8-,9-/m1/s1. The minimum absolute atomic E-state index is 0.0455. The monoisotopic (exact) mass is 314 g/mol. The third-order valence-corrected chi connectivity index (χ3v) is 3.62. The van der Waals surface area contributed by atoms with Crippen LogP contribution in [0.1, 0.15) is 24.2 Å². The van der Waals surface area contributed by atoms with Gasteiger partial charge in [0.05, 0.1) is 4.47 Å². The number of carbonyl (C=O) groups is 1. The fraction of sp³-hybridized carbons (Fsp3) is 0.462. The Hall–Kier alpha value is -0.940. The number of halogens is 2. The highest BCUT2D eigenvalue weighted by molar-refractivity contribution is 9.10. The van der Waals surface area contributed by atoms with Crippen molar-refractivity contribution in [3.8, 4) is 0 Å². The number of carbonyl (C=O) groups excluding carboxylic acids is 1. The SMILES string of the molecule is C[C@@H]1CN(C(=O)c2ccc(F)c(Br)c2)C[C@@H](C)N1. The highest BCUT2D eigenvalue weighted by Gasteiger charge is 2.25. The zero-order valence-electron chi connectivity index (χ0n) is 10.4. The maximum atomic E-state index is 13.1. The third-order valence-electron chi connectivity index (χ3n) is 3.01. The Morgan fingerprint density at radius 2 is 2.00 bits per heavy atom. The number of nitrogens with zero attached hydrogens (tertiary/aromatic N) is 1. The molecule has 2 atom stereocenters. The lowest BCUT2D eigenvalue weighted by molar-refractivity contribution is 0.0673. The molecule has 1 saturated heterocycles. The van der Waals surface area contributed by atoms with Crippen LogP contribution in [0, 0.1) is 5.82 Å². The highest BCUT2D eigenvalue weighted by atomic mass is 79.9. The van der Waals surface area contributed by atoms with E-state index in [4.69, 9.17) is 0 Å². The number of hydrogen-bond donors (Lipinski definition) is 1. The molecule has 0 bridgehead atoms. The van der Waals surface area contributed by atoms with Gasteiger partial charge in [-0.15, -0.1) is 0 Å². The van der Waals surface area contributed by atoms with E-state index in [1.54, 1.807) is 0 Å². The van der Waals surface area contributed by atoms with E-state index in [9.17, 15) is 9.18 Å². The van der Waals surface area contributed by atoms with Crippen molar-refractivity contribution in [3.05, 3.63) is 34.1 Å². The van der Waals surface area contributed by atoms with Gasteiger partial charge in [-0.1, -0.05) is 0 Å². The van der Waals surface area contributed by atoms with Crippen molar-refractivity contribution >= 4 is 21.8 Å². The first kappa shape index (κ1) is 13.5. The summed E-state index contributed by atoms with van der Waals surface area (Å²) in [6, 6.07) is 4.93. The molecular weight excluding hydrogens is 299 g/mol. The van der Waals surface area contributed by atoms with Gasteiger partial charge in [0.15, 0.2) is 0 Å². The van der Waals surface area contributed by atoms with Gasteiger partial charge in [0, 0.05) is 30.7 Å². The molecule has 5 heteroatoms. The second kappa shape index (κ2) is 5.36. The molecule has 1 aromatic rings. The van der Waals surface area contributed by atoms with Crippen LogP contribution in [-0.4, -0.2) is 36.0 Å². The first-order chi connectivity index (χ1) is 8.47. The lowest BCUT2D eigenvalue weighted by Crippen LogP contribution is -2.55. The summed E-state index contributed by atoms with van der Waals surface area (Å²) < 4.78 is 13.5. The molecule has 1 fully saturated rings. The van der Waals surface area contributed by atoms with Crippen molar-refractivity contribution in [2.75, 3.05) is 13.1 Å². The Balaban J connectivity index is 2.17. The molecule has 0 aromatic heterocycles.